The molecule has 1 aliphatic heterocycles. The molecule has 0 unspecified atom stereocenters. The summed E-state index contributed by atoms with van der Waals surface area (Å²) in [7, 11) is 0. The summed E-state index contributed by atoms with van der Waals surface area (Å²) in [5.74, 6) is 0. The highest BCUT2D eigenvalue weighted by atomic mass is 35.5. The first kappa shape index (κ1) is 8.99. The van der Waals surface area contributed by atoms with Crippen molar-refractivity contribution < 1.29 is 0 Å². The van der Waals surface area contributed by atoms with E-state index >= 15 is 0 Å². The smallest absolute Gasteiger partial charge is 0.0163 e. The highest BCUT2D eigenvalue weighted by molar-refractivity contribution is 5.85. The molecule has 0 radical (unpaired) electrons. The van der Waals surface area contributed by atoms with E-state index in [-0.39, 0.29) is 12.4 Å². The largest absolute Gasteiger partial charge is 0.300 e. The first-order chi connectivity index (χ1) is 3.93. The van der Waals surface area contributed by atoms with Crippen LogP contribution >= 0.6 is 12.4 Å². The fourth-order valence-corrected chi connectivity index (χ4v) is 0.977. The first-order valence-electron chi connectivity index (χ1n) is 3.31. The van der Waals surface area contributed by atoms with Crippen LogP contribution in [0.1, 0.15) is 13.3 Å². The van der Waals surface area contributed by atoms with Crippen LogP contribution in [0.3, 0.4) is 0 Å². The minimum Gasteiger partial charge on any atom is -0.300 e. The quantitative estimate of drug-likeness (QED) is 0.511. The number of likely N-dealkylation sites (N-methyl/N-ethyl adjacent to an activating group) is 1. The highest BCUT2D eigenvalue weighted by Gasteiger charge is 2.00. The van der Waals surface area contributed by atoms with Gasteiger partial charge in [-0.1, -0.05) is 19.1 Å². The molecule has 0 aromatic carbocycles. The standard InChI is InChI=1S/C7H13N.ClH/c1-2-8-6-4-3-5-7-8;/h3-4H,2,5-7H2,1H3;1H. The Morgan fingerprint density at radius 1 is 1.44 bits per heavy atom. The molecule has 54 valence electrons. The van der Waals surface area contributed by atoms with Crippen LogP contribution in [0.15, 0.2) is 12.2 Å². The summed E-state index contributed by atoms with van der Waals surface area (Å²) in [4.78, 5) is 2.43. The van der Waals surface area contributed by atoms with E-state index in [0.717, 1.165) is 6.54 Å². The van der Waals surface area contributed by atoms with Crippen LogP contribution in [0.5, 0.6) is 0 Å². The normalized spacial score (nSPS) is 19.2. The van der Waals surface area contributed by atoms with E-state index in [4.69, 9.17) is 0 Å². The average molecular weight is 148 g/mol. The van der Waals surface area contributed by atoms with Crippen LogP contribution in [-0.2, 0) is 0 Å². The molecule has 1 rings (SSSR count). The lowest BCUT2D eigenvalue weighted by Gasteiger charge is -2.20. The average Bonchev–Trinajstić information content (AvgIpc) is 1.90. The molecule has 0 saturated carbocycles. The van der Waals surface area contributed by atoms with Crippen LogP contribution in [0.4, 0.5) is 0 Å². The minimum atomic E-state index is 0. The molecule has 0 aliphatic carbocycles. The van der Waals surface area contributed by atoms with Crippen molar-refractivity contribution in [1.82, 2.24) is 4.90 Å². The second-order valence-electron chi connectivity index (χ2n) is 2.15. The van der Waals surface area contributed by atoms with Crippen molar-refractivity contribution in [2.24, 2.45) is 0 Å². The summed E-state index contributed by atoms with van der Waals surface area (Å²) >= 11 is 0. The molecule has 0 amide bonds. The molecule has 9 heavy (non-hydrogen) atoms. The van der Waals surface area contributed by atoms with Gasteiger partial charge in [-0.3, -0.25) is 4.90 Å². The summed E-state index contributed by atoms with van der Waals surface area (Å²) in [5, 5.41) is 0. The van der Waals surface area contributed by atoms with Crippen molar-refractivity contribution in [2.75, 3.05) is 19.6 Å². The Kier molecular flexibility index (Phi) is 4.83. The molecule has 0 bridgehead atoms. The lowest BCUT2D eigenvalue weighted by molar-refractivity contribution is 0.315. The zero-order valence-electron chi connectivity index (χ0n) is 5.84. The molecule has 0 spiro atoms. The van der Waals surface area contributed by atoms with Gasteiger partial charge in [0.15, 0.2) is 0 Å². The molecular formula is C7H14ClN. The van der Waals surface area contributed by atoms with Gasteiger partial charge in [-0.2, -0.15) is 0 Å². The van der Waals surface area contributed by atoms with Crippen LogP contribution in [-0.4, -0.2) is 24.5 Å². The summed E-state index contributed by atoms with van der Waals surface area (Å²) in [5.41, 5.74) is 0. The maximum absolute atomic E-state index is 2.43. The van der Waals surface area contributed by atoms with E-state index < -0.39 is 0 Å². The van der Waals surface area contributed by atoms with Gasteiger partial charge < -0.3 is 0 Å². The van der Waals surface area contributed by atoms with Crippen molar-refractivity contribution in [3.63, 3.8) is 0 Å². The predicted molar refractivity (Wildman–Crippen MR) is 43.1 cm³/mol. The summed E-state index contributed by atoms with van der Waals surface area (Å²) in [6, 6.07) is 0. The summed E-state index contributed by atoms with van der Waals surface area (Å²) in [6.45, 7) is 5.83. The van der Waals surface area contributed by atoms with Crippen molar-refractivity contribution in [3.8, 4) is 0 Å². The molecule has 1 nitrogen and oxygen atoms in total. The number of hydrogen-bond acceptors (Lipinski definition) is 1. The van der Waals surface area contributed by atoms with E-state index in [1.54, 1.807) is 0 Å². The van der Waals surface area contributed by atoms with Gasteiger partial charge in [0.1, 0.15) is 0 Å². The fraction of sp³-hybridized carbons (Fsp3) is 0.714. The number of halogens is 1. The second-order valence-corrected chi connectivity index (χ2v) is 2.15. The molecular weight excluding hydrogens is 134 g/mol. The van der Waals surface area contributed by atoms with Gasteiger partial charge in [0, 0.05) is 13.1 Å². The van der Waals surface area contributed by atoms with Gasteiger partial charge in [-0.05, 0) is 13.0 Å². The third kappa shape index (κ3) is 2.87. The Labute approximate surface area is 63.1 Å². The molecule has 0 aromatic rings. The van der Waals surface area contributed by atoms with Crippen molar-refractivity contribution >= 4 is 12.4 Å². The molecule has 1 heterocycles. The number of nitrogens with zero attached hydrogens (tertiary/aromatic N) is 1. The van der Waals surface area contributed by atoms with Gasteiger partial charge in [0.25, 0.3) is 0 Å². The Balaban J connectivity index is 0.000000640. The number of hydrogen-bond donors (Lipinski definition) is 0. The molecule has 0 saturated heterocycles. The Bertz CT molecular complexity index is 90.9. The van der Waals surface area contributed by atoms with Crippen molar-refractivity contribution in [3.05, 3.63) is 12.2 Å². The molecule has 0 N–H and O–H groups in total. The van der Waals surface area contributed by atoms with E-state index in [1.807, 2.05) is 0 Å². The maximum atomic E-state index is 2.43. The van der Waals surface area contributed by atoms with Gasteiger partial charge in [-0.15, -0.1) is 12.4 Å². The van der Waals surface area contributed by atoms with Crippen LogP contribution in [0.25, 0.3) is 0 Å². The van der Waals surface area contributed by atoms with Crippen LogP contribution < -0.4 is 0 Å². The van der Waals surface area contributed by atoms with Crippen molar-refractivity contribution in [1.29, 1.82) is 0 Å². The van der Waals surface area contributed by atoms with E-state index in [2.05, 4.69) is 24.0 Å². The maximum Gasteiger partial charge on any atom is 0.0163 e. The van der Waals surface area contributed by atoms with Crippen LogP contribution in [0, 0.1) is 0 Å². The Morgan fingerprint density at radius 3 is 2.56 bits per heavy atom. The molecule has 0 aromatic heterocycles. The van der Waals surface area contributed by atoms with Gasteiger partial charge in [0.05, 0.1) is 0 Å². The number of rotatable bonds is 1. The SMILES string of the molecule is CCN1CC=CCC1.Cl. The minimum absolute atomic E-state index is 0. The lowest BCUT2D eigenvalue weighted by Crippen LogP contribution is -2.26. The first-order valence-corrected chi connectivity index (χ1v) is 3.31. The third-order valence-electron chi connectivity index (χ3n) is 1.59. The van der Waals surface area contributed by atoms with Crippen molar-refractivity contribution in [2.45, 2.75) is 13.3 Å². The molecule has 2 heteroatoms. The van der Waals surface area contributed by atoms with Crippen LogP contribution in [0.2, 0.25) is 0 Å². The van der Waals surface area contributed by atoms with E-state index in [0.29, 0.717) is 0 Å². The topological polar surface area (TPSA) is 3.24 Å². The Morgan fingerprint density at radius 2 is 2.22 bits per heavy atom. The zero-order valence-corrected chi connectivity index (χ0v) is 6.66. The fourth-order valence-electron chi connectivity index (χ4n) is 0.977. The summed E-state index contributed by atoms with van der Waals surface area (Å²) < 4.78 is 0. The highest BCUT2D eigenvalue weighted by Crippen LogP contribution is 1.98. The van der Waals surface area contributed by atoms with E-state index in [1.165, 1.54) is 19.5 Å². The summed E-state index contributed by atoms with van der Waals surface area (Å²) in [6.07, 6.45) is 5.74. The van der Waals surface area contributed by atoms with Gasteiger partial charge >= 0.3 is 0 Å². The lowest BCUT2D eigenvalue weighted by atomic mass is 10.2. The Hall–Kier alpha value is -0.0100. The molecule has 0 fully saturated rings. The molecule has 0 atom stereocenters. The van der Waals surface area contributed by atoms with Gasteiger partial charge in [-0.25, -0.2) is 0 Å². The second kappa shape index (κ2) is 4.83. The molecule has 1 aliphatic rings. The van der Waals surface area contributed by atoms with Gasteiger partial charge in [0.2, 0.25) is 0 Å². The zero-order chi connectivity index (χ0) is 5.82. The third-order valence-corrected chi connectivity index (χ3v) is 1.59. The monoisotopic (exact) mass is 147 g/mol. The predicted octanol–water partition coefficient (Wildman–Crippen LogP) is 1.69. The van der Waals surface area contributed by atoms with E-state index in [9.17, 15) is 0 Å².